The molecular weight excluding hydrogens is 265 g/mol. The Bertz CT molecular complexity index is 547. The third kappa shape index (κ3) is 2.46. The van der Waals surface area contributed by atoms with E-state index in [1.807, 2.05) is 60.7 Å². The summed E-state index contributed by atoms with van der Waals surface area (Å²) >= 11 is 0. The highest BCUT2D eigenvalue weighted by Gasteiger charge is 2.34. The molecule has 0 N–H and O–H groups in total. The number of benzene rings is 2. The molecule has 0 atom stereocenters. The third-order valence-electron chi connectivity index (χ3n) is 3.94. The summed E-state index contributed by atoms with van der Waals surface area (Å²) in [6, 6.07) is 19.9. The third-order valence-corrected chi connectivity index (χ3v) is 7.14. The lowest BCUT2D eigenvalue weighted by atomic mass is 10.2. The van der Waals surface area contributed by atoms with Crippen molar-refractivity contribution < 1.29 is 4.57 Å². The van der Waals surface area contributed by atoms with Crippen LogP contribution in [0.2, 0.25) is 0 Å². The Hall–Kier alpha value is -1.37. The summed E-state index contributed by atoms with van der Waals surface area (Å²) in [5, 5.41) is 1.90. The van der Waals surface area contributed by atoms with Crippen LogP contribution in [0.3, 0.4) is 0 Å². The first-order valence-electron chi connectivity index (χ1n) is 7.28. The van der Waals surface area contributed by atoms with E-state index in [0.29, 0.717) is 0 Å². The first-order valence-corrected chi connectivity index (χ1v) is 8.94. The van der Waals surface area contributed by atoms with E-state index >= 15 is 0 Å². The van der Waals surface area contributed by atoms with Crippen molar-refractivity contribution in [1.29, 1.82) is 0 Å². The molecule has 0 radical (unpaired) electrons. The van der Waals surface area contributed by atoms with Crippen LogP contribution in [0.4, 0.5) is 0 Å². The lowest BCUT2D eigenvalue weighted by molar-refractivity contribution is 0.352. The van der Waals surface area contributed by atoms with Gasteiger partial charge >= 0.3 is 0 Å². The smallest absolute Gasteiger partial charge is 0.207 e. The highest BCUT2D eigenvalue weighted by atomic mass is 31.2. The van der Waals surface area contributed by atoms with Crippen molar-refractivity contribution in [2.45, 2.75) is 19.3 Å². The van der Waals surface area contributed by atoms with Gasteiger partial charge in [0, 0.05) is 23.7 Å². The Morgan fingerprint density at radius 1 is 0.700 bits per heavy atom. The molecule has 3 rings (SSSR count). The van der Waals surface area contributed by atoms with Crippen LogP contribution < -0.4 is 10.6 Å². The second-order valence-electron chi connectivity index (χ2n) is 5.26. The van der Waals surface area contributed by atoms with Crippen molar-refractivity contribution in [3.63, 3.8) is 0 Å². The van der Waals surface area contributed by atoms with Crippen LogP contribution in [0.15, 0.2) is 60.7 Å². The van der Waals surface area contributed by atoms with Gasteiger partial charge in [0.15, 0.2) is 0 Å². The summed E-state index contributed by atoms with van der Waals surface area (Å²) in [6.07, 6.45) is 3.54. The summed E-state index contributed by atoms with van der Waals surface area (Å²) < 4.78 is 16.1. The van der Waals surface area contributed by atoms with E-state index in [-0.39, 0.29) is 0 Å². The van der Waals surface area contributed by atoms with Crippen LogP contribution in [0, 0.1) is 0 Å². The molecule has 0 spiro atoms. The Kier molecular flexibility index (Phi) is 4.05. The predicted octanol–water partition coefficient (Wildman–Crippen LogP) is 3.40. The molecule has 0 bridgehead atoms. The summed E-state index contributed by atoms with van der Waals surface area (Å²) in [5.41, 5.74) is 0. The first kappa shape index (κ1) is 13.6. The minimum Gasteiger partial charge on any atom is -0.296 e. The van der Waals surface area contributed by atoms with E-state index in [0.717, 1.165) is 36.5 Å². The number of hydrogen-bond acceptors (Lipinski definition) is 1. The highest BCUT2D eigenvalue weighted by molar-refractivity contribution is 7.76. The van der Waals surface area contributed by atoms with Crippen molar-refractivity contribution in [2.75, 3.05) is 13.1 Å². The zero-order valence-electron chi connectivity index (χ0n) is 11.6. The first-order chi connectivity index (χ1) is 9.82. The van der Waals surface area contributed by atoms with Gasteiger partial charge in [-0.15, -0.1) is 0 Å². The maximum Gasteiger partial charge on any atom is 0.207 e. The average molecular weight is 285 g/mol. The van der Waals surface area contributed by atoms with E-state index in [1.54, 1.807) is 0 Å². The Morgan fingerprint density at radius 2 is 1.15 bits per heavy atom. The summed E-state index contributed by atoms with van der Waals surface area (Å²) in [5.74, 6) is 0. The van der Waals surface area contributed by atoms with Gasteiger partial charge in [0.2, 0.25) is 7.29 Å². The maximum absolute atomic E-state index is 13.9. The van der Waals surface area contributed by atoms with Crippen LogP contribution in [-0.2, 0) is 4.57 Å². The molecule has 0 amide bonds. The molecule has 1 aliphatic rings. The van der Waals surface area contributed by atoms with E-state index in [9.17, 15) is 4.57 Å². The van der Waals surface area contributed by atoms with Crippen molar-refractivity contribution >= 4 is 17.9 Å². The van der Waals surface area contributed by atoms with Gasteiger partial charge in [0.05, 0.1) is 0 Å². The fourth-order valence-corrected chi connectivity index (χ4v) is 5.84. The minimum absolute atomic E-state index is 0.932. The number of piperidine rings is 1. The van der Waals surface area contributed by atoms with Gasteiger partial charge in [0.1, 0.15) is 0 Å². The van der Waals surface area contributed by atoms with Crippen molar-refractivity contribution in [3.05, 3.63) is 60.7 Å². The predicted molar refractivity (Wildman–Crippen MR) is 85.2 cm³/mol. The van der Waals surface area contributed by atoms with E-state index in [4.69, 9.17) is 0 Å². The summed E-state index contributed by atoms with van der Waals surface area (Å²) in [7, 11) is -2.67. The fraction of sp³-hybridized carbons (Fsp3) is 0.294. The standard InChI is InChI=1S/C17H20NOP/c19-20(16-10-4-1-5-11-16,17-12-6-2-7-13-17)18-14-8-3-9-15-18/h1-2,4-7,10-13H,3,8-9,14-15H2. The summed E-state index contributed by atoms with van der Waals surface area (Å²) in [4.78, 5) is 0. The molecule has 20 heavy (non-hydrogen) atoms. The molecule has 2 nitrogen and oxygen atoms in total. The quantitative estimate of drug-likeness (QED) is 0.806. The van der Waals surface area contributed by atoms with Crippen LogP contribution in [0.1, 0.15) is 19.3 Å². The molecule has 0 aromatic heterocycles. The molecule has 0 aliphatic carbocycles. The Balaban J connectivity index is 2.10. The molecule has 3 heteroatoms. The van der Waals surface area contributed by atoms with Gasteiger partial charge in [-0.25, -0.2) is 4.67 Å². The van der Waals surface area contributed by atoms with Crippen LogP contribution in [-0.4, -0.2) is 17.8 Å². The van der Waals surface area contributed by atoms with Gasteiger partial charge in [-0.3, -0.25) is 4.57 Å². The van der Waals surface area contributed by atoms with Crippen molar-refractivity contribution in [1.82, 2.24) is 4.67 Å². The van der Waals surface area contributed by atoms with Gasteiger partial charge in [-0.2, -0.15) is 0 Å². The van der Waals surface area contributed by atoms with E-state index < -0.39 is 7.29 Å². The average Bonchev–Trinajstić information content (AvgIpc) is 2.56. The molecular formula is C17H20NOP. The monoisotopic (exact) mass is 285 g/mol. The lowest BCUT2D eigenvalue weighted by Crippen LogP contribution is -2.35. The molecule has 1 fully saturated rings. The number of rotatable bonds is 3. The van der Waals surface area contributed by atoms with Gasteiger partial charge in [0.25, 0.3) is 0 Å². The van der Waals surface area contributed by atoms with Crippen LogP contribution >= 0.6 is 7.29 Å². The largest absolute Gasteiger partial charge is 0.296 e. The zero-order valence-corrected chi connectivity index (χ0v) is 12.5. The Morgan fingerprint density at radius 3 is 1.60 bits per heavy atom. The molecule has 104 valence electrons. The van der Waals surface area contributed by atoms with Crippen molar-refractivity contribution in [2.24, 2.45) is 0 Å². The molecule has 1 heterocycles. The fourth-order valence-electron chi connectivity index (χ4n) is 2.89. The lowest BCUT2D eigenvalue weighted by Gasteiger charge is -2.35. The van der Waals surface area contributed by atoms with Crippen LogP contribution in [0.25, 0.3) is 0 Å². The van der Waals surface area contributed by atoms with Crippen LogP contribution in [0.5, 0.6) is 0 Å². The molecule has 0 saturated carbocycles. The SMILES string of the molecule is O=P(c1ccccc1)(c1ccccc1)N1CCCCC1. The second-order valence-corrected chi connectivity index (χ2v) is 8.01. The van der Waals surface area contributed by atoms with Gasteiger partial charge in [-0.05, 0) is 37.1 Å². The van der Waals surface area contributed by atoms with Gasteiger partial charge < -0.3 is 0 Å². The van der Waals surface area contributed by atoms with E-state index in [1.165, 1.54) is 6.42 Å². The molecule has 0 unspecified atom stereocenters. The van der Waals surface area contributed by atoms with Gasteiger partial charge in [-0.1, -0.05) is 42.8 Å². The number of hydrogen-bond donors (Lipinski definition) is 0. The molecule has 2 aromatic rings. The van der Waals surface area contributed by atoms with Crippen molar-refractivity contribution in [3.8, 4) is 0 Å². The highest BCUT2D eigenvalue weighted by Crippen LogP contribution is 2.48. The molecule has 1 aliphatic heterocycles. The molecule has 2 aromatic carbocycles. The van der Waals surface area contributed by atoms with E-state index in [2.05, 4.69) is 4.67 Å². The zero-order chi connectivity index (χ0) is 13.8. The summed E-state index contributed by atoms with van der Waals surface area (Å²) in [6.45, 7) is 1.86. The second kappa shape index (κ2) is 5.95. The molecule has 1 saturated heterocycles. The Labute approximate surface area is 120 Å². The normalized spacial score (nSPS) is 17.0. The minimum atomic E-state index is -2.67. The number of nitrogens with zero attached hydrogens (tertiary/aromatic N) is 1. The topological polar surface area (TPSA) is 20.3 Å². The maximum atomic E-state index is 13.9.